The highest BCUT2D eigenvalue weighted by molar-refractivity contribution is 5.85. The molecule has 76 valence electrons. The molecular weight excluding hydrogens is 182 g/mol. The minimum atomic E-state index is -2.40. The van der Waals surface area contributed by atoms with Crippen molar-refractivity contribution < 1.29 is 8.78 Å². The van der Waals surface area contributed by atoms with Crippen LogP contribution in [0.4, 0.5) is 8.78 Å². The van der Waals surface area contributed by atoms with Crippen molar-refractivity contribution in [1.29, 1.82) is 0 Å². The van der Waals surface area contributed by atoms with Crippen LogP contribution in [0, 0.1) is 0 Å². The maximum atomic E-state index is 12.7. The Morgan fingerprint density at radius 3 is 1.92 bits per heavy atom. The van der Waals surface area contributed by atoms with Gasteiger partial charge in [0.2, 0.25) is 5.92 Å². The Morgan fingerprint density at radius 1 is 0.917 bits per heavy atom. The van der Waals surface area contributed by atoms with Crippen LogP contribution in [0.3, 0.4) is 0 Å². The van der Waals surface area contributed by atoms with Gasteiger partial charge in [0.1, 0.15) is 0 Å². The van der Waals surface area contributed by atoms with Crippen LogP contribution in [0.2, 0.25) is 0 Å². The molecule has 0 atom stereocenters. The van der Waals surface area contributed by atoms with Gasteiger partial charge in [0.15, 0.2) is 0 Å². The second kappa shape index (κ2) is 7.78. The minimum absolute atomic E-state index is 0. The zero-order chi connectivity index (χ0) is 8.74. The first-order valence-corrected chi connectivity index (χ1v) is 4.50. The predicted octanol–water partition coefficient (Wildman–Crippen LogP) is 4.42. The summed E-state index contributed by atoms with van der Waals surface area (Å²) in [5.41, 5.74) is 0. The van der Waals surface area contributed by atoms with Crippen molar-refractivity contribution in [3.63, 3.8) is 0 Å². The molecule has 12 heavy (non-hydrogen) atoms. The van der Waals surface area contributed by atoms with Crippen LogP contribution >= 0.6 is 12.4 Å². The largest absolute Gasteiger partial charge is 0.248 e. The lowest BCUT2D eigenvalue weighted by Crippen LogP contribution is -2.14. The van der Waals surface area contributed by atoms with Crippen LogP contribution in [-0.4, -0.2) is 5.92 Å². The molecule has 0 nitrogen and oxygen atoms in total. The SMILES string of the molecule is CCCCCC(F)(F)CCC.Cl. The van der Waals surface area contributed by atoms with Crippen LogP contribution in [0.5, 0.6) is 0 Å². The predicted molar refractivity (Wildman–Crippen MR) is 51.2 cm³/mol. The highest BCUT2D eigenvalue weighted by atomic mass is 35.5. The van der Waals surface area contributed by atoms with Crippen LogP contribution in [0.1, 0.15) is 52.4 Å². The summed E-state index contributed by atoms with van der Waals surface area (Å²) in [6.07, 6.45) is 3.33. The van der Waals surface area contributed by atoms with Gasteiger partial charge < -0.3 is 0 Å². The van der Waals surface area contributed by atoms with E-state index in [1.54, 1.807) is 6.92 Å². The Kier molecular flexibility index (Phi) is 9.51. The molecule has 0 unspecified atom stereocenters. The standard InChI is InChI=1S/C9H18F2.ClH/c1-3-5-6-8-9(10,11)7-4-2;/h3-8H2,1-2H3;1H. The second-order valence-corrected chi connectivity index (χ2v) is 3.06. The highest BCUT2D eigenvalue weighted by Gasteiger charge is 2.25. The van der Waals surface area contributed by atoms with E-state index < -0.39 is 5.92 Å². The Hall–Kier alpha value is 0.150. The normalized spacial score (nSPS) is 11.0. The zero-order valence-corrected chi connectivity index (χ0v) is 8.72. The van der Waals surface area contributed by atoms with Crippen molar-refractivity contribution in [2.24, 2.45) is 0 Å². The fraction of sp³-hybridized carbons (Fsp3) is 1.00. The molecule has 0 spiro atoms. The van der Waals surface area contributed by atoms with Crippen molar-refractivity contribution in [2.75, 3.05) is 0 Å². The average Bonchev–Trinajstić information content (AvgIpc) is 1.87. The van der Waals surface area contributed by atoms with Gasteiger partial charge in [-0.3, -0.25) is 0 Å². The summed E-state index contributed by atoms with van der Waals surface area (Å²) in [5.74, 6) is -2.40. The molecule has 0 amide bonds. The first kappa shape index (κ1) is 14.7. The zero-order valence-electron chi connectivity index (χ0n) is 7.91. The van der Waals surface area contributed by atoms with Gasteiger partial charge in [0.05, 0.1) is 0 Å². The van der Waals surface area contributed by atoms with E-state index in [9.17, 15) is 8.78 Å². The fourth-order valence-corrected chi connectivity index (χ4v) is 1.12. The van der Waals surface area contributed by atoms with Gasteiger partial charge in [-0.25, -0.2) is 8.78 Å². The van der Waals surface area contributed by atoms with Crippen molar-refractivity contribution in [3.8, 4) is 0 Å². The number of alkyl halides is 2. The van der Waals surface area contributed by atoms with Gasteiger partial charge in [0.25, 0.3) is 0 Å². The number of hydrogen-bond donors (Lipinski definition) is 0. The Morgan fingerprint density at radius 2 is 1.50 bits per heavy atom. The molecule has 3 heteroatoms. The van der Waals surface area contributed by atoms with E-state index in [4.69, 9.17) is 0 Å². The molecule has 0 bridgehead atoms. The molecule has 0 aliphatic heterocycles. The van der Waals surface area contributed by atoms with Gasteiger partial charge in [-0.1, -0.05) is 33.1 Å². The van der Waals surface area contributed by atoms with E-state index in [0.29, 0.717) is 12.8 Å². The summed E-state index contributed by atoms with van der Waals surface area (Å²) in [4.78, 5) is 0. The van der Waals surface area contributed by atoms with Crippen molar-refractivity contribution in [3.05, 3.63) is 0 Å². The van der Waals surface area contributed by atoms with E-state index in [2.05, 4.69) is 0 Å². The maximum absolute atomic E-state index is 12.7. The van der Waals surface area contributed by atoms with Gasteiger partial charge >= 0.3 is 0 Å². The second-order valence-electron chi connectivity index (χ2n) is 3.06. The van der Waals surface area contributed by atoms with E-state index >= 15 is 0 Å². The summed E-state index contributed by atoms with van der Waals surface area (Å²) in [7, 11) is 0. The Labute approximate surface area is 80.1 Å². The minimum Gasteiger partial charge on any atom is -0.207 e. The monoisotopic (exact) mass is 200 g/mol. The summed E-state index contributed by atoms with van der Waals surface area (Å²) in [5, 5.41) is 0. The first-order chi connectivity index (χ1) is 5.12. The van der Waals surface area contributed by atoms with Crippen LogP contribution in [0.15, 0.2) is 0 Å². The number of halogens is 3. The maximum Gasteiger partial charge on any atom is 0.248 e. The van der Waals surface area contributed by atoms with Crippen LogP contribution in [-0.2, 0) is 0 Å². The Balaban J connectivity index is 0. The van der Waals surface area contributed by atoms with Crippen molar-refractivity contribution in [1.82, 2.24) is 0 Å². The van der Waals surface area contributed by atoms with E-state index in [1.807, 2.05) is 6.92 Å². The van der Waals surface area contributed by atoms with E-state index in [-0.39, 0.29) is 25.2 Å². The molecule has 0 saturated heterocycles. The molecule has 0 heterocycles. The van der Waals surface area contributed by atoms with E-state index in [0.717, 1.165) is 12.8 Å². The summed E-state index contributed by atoms with van der Waals surface area (Å²) in [6, 6.07) is 0. The van der Waals surface area contributed by atoms with Gasteiger partial charge in [-0.2, -0.15) is 0 Å². The lowest BCUT2D eigenvalue weighted by molar-refractivity contribution is -0.0189. The lowest BCUT2D eigenvalue weighted by atomic mass is 10.1. The number of rotatable bonds is 6. The van der Waals surface area contributed by atoms with Crippen molar-refractivity contribution >= 4 is 12.4 Å². The van der Waals surface area contributed by atoms with Crippen LogP contribution in [0.25, 0.3) is 0 Å². The molecule has 0 aliphatic rings. The Bertz CT molecular complexity index is 94.5. The highest BCUT2D eigenvalue weighted by Crippen LogP contribution is 2.26. The molecule has 0 aliphatic carbocycles. The number of unbranched alkanes of at least 4 members (excludes halogenated alkanes) is 2. The van der Waals surface area contributed by atoms with Gasteiger partial charge in [-0.05, 0) is 6.42 Å². The third kappa shape index (κ3) is 8.25. The number of hydrogen-bond acceptors (Lipinski definition) is 0. The summed E-state index contributed by atoms with van der Waals surface area (Å²) < 4.78 is 25.5. The molecular formula is C9H19ClF2. The molecule has 0 aromatic carbocycles. The molecule has 0 radical (unpaired) electrons. The molecule has 0 N–H and O–H groups in total. The first-order valence-electron chi connectivity index (χ1n) is 4.50. The van der Waals surface area contributed by atoms with Crippen LogP contribution < -0.4 is 0 Å². The average molecular weight is 201 g/mol. The molecule has 0 fully saturated rings. The third-order valence-electron chi connectivity index (χ3n) is 1.76. The van der Waals surface area contributed by atoms with Crippen molar-refractivity contribution in [2.45, 2.75) is 58.3 Å². The molecule has 0 aromatic rings. The quantitative estimate of drug-likeness (QED) is 0.557. The summed E-state index contributed by atoms with van der Waals surface area (Å²) in [6.45, 7) is 3.83. The van der Waals surface area contributed by atoms with E-state index in [1.165, 1.54) is 0 Å². The molecule has 0 rings (SSSR count). The summed E-state index contributed by atoms with van der Waals surface area (Å²) >= 11 is 0. The third-order valence-corrected chi connectivity index (χ3v) is 1.76. The molecule has 0 aromatic heterocycles. The van der Waals surface area contributed by atoms with Gasteiger partial charge in [0, 0.05) is 12.8 Å². The lowest BCUT2D eigenvalue weighted by Gasteiger charge is -2.14. The molecule has 0 saturated carbocycles. The smallest absolute Gasteiger partial charge is 0.207 e. The fourth-order valence-electron chi connectivity index (χ4n) is 1.12. The van der Waals surface area contributed by atoms with Gasteiger partial charge in [-0.15, -0.1) is 12.4 Å². The topological polar surface area (TPSA) is 0 Å².